The summed E-state index contributed by atoms with van der Waals surface area (Å²) in [6.07, 6.45) is 2.53. The molecule has 1 heterocycles. The van der Waals surface area contributed by atoms with Gasteiger partial charge in [-0.2, -0.15) is 12.7 Å². The summed E-state index contributed by atoms with van der Waals surface area (Å²) in [6, 6.07) is 0. The first-order chi connectivity index (χ1) is 9.95. The molecule has 0 aliphatic heterocycles. The number of thiazole rings is 1. The average Bonchev–Trinajstić information content (AvgIpc) is 2.83. The van der Waals surface area contributed by atoms with Crippen LogP contribution in [0.25, 0.3) is 0 Å². The fourth-order valence-electron chi connectivity index (χ4n) is 1.76. The second-order valence-electron chi connectivity index (χ2n) is 4.96. The number of aryl methyl sites for hydroxylation is 1. The predicted molar refractivity (Wildman–Crippen MR) is 87.9 cm³/mol. The maximum Gasteiger partial charge on any atom is 0.279 e. The van der Waals surface area contributed by atoms with Gasteiger partial charge in [-0.25, -0.2) is 9.71 Å². The van der Waals surface area contributed by atoms with Crippen LogP contribution in [0.1, 0.15) is 30.5 Å². The third-order valence-electron chi connectivity index (χ3n) is 2.95. The Kier molecular flexibility index (Phi) is 8.35. The van der Waals surface area contributed by atoms with E-state index in [9.17, 15) is 8.42 Å². The van der Waals surface area contributed by atoms with E-state index in [2.05, 4.69) is 21.9 Å². The van der Waals surface area contributed by atoms with Gasteiger partial charge in [0.2, 0.25) is 0 Å². The van der Waals surface area contributed by atoms with Crippen LogP contribution in [0.3, 0.4) is 0 Å². The van der Waals surface area contributed by atoms with Gasteiger partial charge in [0.15, 0.2) is 0 Å². The lowest BCUT2D eigenvalue weighted by atomic mass is 10.4. The minimum absolute atomic E-state index is 0.383. The third kappa shape index (κ3) is 7.32. The van der Waals surface area contributed by atoms with Crippen molar-refractivity contribution in [3.8, 4) is 0 Å². The van der Waals surface area contributed by atoms with Crippen molar-refractivity contribution in [1.29, 1.82) is 0 Å². The highest BCUT2D eigenvalue weighted by atomic mass is 32.2. The molecule has 0 aliphatic rings. The van der Waals surface area contributed by atoms with Crippen LogP contribution < -0.4 is 10.0 Å². The molecule has 1 rings (SSSR count). The Bertz CT molecular complexity index is 502. The summed E-state index contributed by atoms with van der Waals surface area (Å²) in [5.74, 6) is 0. The first-order valence-corrected chi connectivity index (χ1v) is 9.60. The summed E-state index contributed by atoms with van der Waals surface area (Å²) in [5, 5.41) is 6.19. The molecule has 0 unspecified atom stereocenters. The molecule has 0 bridgehead atoms. The summed E-state index contributed by atoms with van der Waals surface area (Å²) in [6.45, 7) is 6.76. The Balaban J connectivity index is 2.24. The van der Waals surface area contributed by atoms with Crippen LogP contribution in [0.15, 0.2) is 5.38 Å². The number of hydrogen-bond acceptors (Lipinski definition) is 5. The molecule has 0 fully saturated rings. The van der Waals surface area contributed by atoms with Crippen LogP contribution in [-0.2, 0) is 16.6 Å². The molecule has 122 valence electrons. The highest BCUT2D eigenvalue weighted by Crippen LogP contribution is 2.08. The van der Waals surface area contributed by atoms with Gasteiger partial charge in [0, 0.05) is 37.6 Å². The normalized spacial score (nSPS) is 12.2. The molecule has 8 heteroatoms. The zero-order chi connectivity index (χ0) is 15.7. The van der Waals surface area contributed by atoms with E-state index in [0.717, 1.165) is 36.6 Å². The summed E-state index contributed by atoms with van der Waals surface area (Å²) >= 11 is 1.56. The number of rotatable bonds is 11. The molecule has 0 saturated heterocycles. The van der Waals surface area contributed by atoms with Crippen molar-refractivity contribution >= 4 is 21.5 Å². The first kappa shape index (κ1) is 18.5. The number of nitrogens with zero attached hydrogens (tertiary/aromatic N) is 2. The van der Waals surface area contributed by atoms with Gasteiger partial charge in [-0.15, -0.1) is 11.3 Å². The van der Waals surface area contributed by atoms with E-state index in [4.69, 9.17) is 0 Å². The summed E-state index contributed by atoms with van der Waals surface area (Å²) < 4.78 is 28.0. The van der Waals surface area contributed by atoms with E-state index in [1.54, 1.807) is 18.4 Å². The van der Waals surface area contributed by atoms with Crippen molar-refractivity contribution in [2.45, 2.75) is 33.1 Å². The van der Waals surface area contributed by atoms with Crippen molar-refractivity contribution in [2.75, 3.05) is 33.2 Å². The maximum atomic E-state index is 12.0. The molecule has 0 spiro atoms. The Labute approximate surface area is 132 Å². The Hall–Kier alpha value is -0.540. The Morgan fingerprint density at radius 2 is 2.10 bits per heavy atom. The molecule has 0 amide bonds. The number of nitrogens with one attached hydrogen (secondary N) is 2. The summed E-state index contributed by atoms with van der Waals surface area (Å²) in [4.78, 5) is 4.32. The van der Waals surface area contributed by atoms with Gasteiger partial charge in [0.05, 0.1) is 5.01 Å². The summed E-state index contributed by atoms with van der Waals surface area (Å²) in [5.41, 5.74) is 0.981. The van der Waals surface area contributed by atoms with E-state index in [1.165, 1.54) is 4.31 Å². The van der Waals surface area contributed by atoms with Crippen LogP contribution in [0.2, 0.25) is 0 Å². The molecule has 0 saturated carbocycles. The largest absolute Gasteiger partial charge is 0.317 e. The second kappa shape index (κ2) is 9.47. The average molecular weight is 335 g/mol. The van der Waals surface area contributed by atoms with Gasteiger partial charge in [-0.05, 0) is 32.9 Å². The lowest BCUT2D eigenvalue weighted by Gasteiger charge is -2.17. The molecule has 2 N–H and O–H groups in total. The minimum atomic E-state index is -3.38. The SMILES string of the molecule is CCCNCCCN(C)S(=O)(=O)NCCc1nc(C)cs1. The quantitative estimate of drug-likeness (QED) is 0.595. The highest BCUT2D eigenvalue weighted by molar-refractivity contribution is 7.87. The molecule has 21 heavy (non-hydrogen) atoms. The standard InChI is InChI=1S/C13H26N4O2S2/c1-4-7-14-8-5-10-17(3)21(18,19)15-9-6-13-16-12(2)11-20-13/h11,14-15H,4-10H2,1-3H3. The lowest BCUT2D eigenvalue weighted by molar-refractivity contribution is 0.445. The van der Waals surface area contributed by atoms with Gasteiger partial charge >= 0.3 is 0 Å². The van der Waals surface area contributed by atoms with Crippen molar-refractivity contribution in [2.24, 2.45) is 0 Å². The maximum absolute atomic E-state index is 12.0. The molecule has 1 aromatic rings. The molecule has 6 nitrogen and oxygen atoms in total. The number of hydrogen-bond donors (Lipinski definition) is 2. The molecule has 0 aliphatic carbocycles. The van der Waals surface area contributed by atoms with E-state index < -0.39 is 10.2 Å². The molecule has 0 radical (unpaired) electrons. The third-order valence-corrected chi connectivity index (χ3v) is 5.55. The van der Waals surface area contributed by atoms with Gasteiger partial charge in [-0.1, -0.05) is 6.92 Å². The second-order valence-corrected chi connectivity index (χ2v) is 7.76. The molecular weight excluding hydrogens is 308 g/mol. The fourth-order valence-corrected chi connectivity index (χ4v) is 3.49. The fraction of sp³-hybridized carbons (Fsp3) is 0.769. The zero-order valence-corrected chi connectivity index (χ0v) is 14.7. The summed E-state index contributed by atoms with van der Waals surface area (Å²) in [7, 11) is -1.78. The van der Waals surface area contributed by atoms with Gasteiger partial charge in [-0.3, -0.25) is 0 Å². The predicted octanol–water partition coefficient (Wildman–Crippen LogP) is 1.15. The molecule has 1 aromatic heterocycles. The van der Waals surface area contributed by atoms with Crippen molar-refractivity contribution in [3.05, 3.63) is 16.1 Å². The van der Waals surface area contributed by atoms with Crippen molar-refractivity contribution in [3.63, 3.8) is 0 Å². The van der Waals surface area contributed by atoms with Crippen LogP contribution in [-0.4, -0.2) is 50.9 Å². The van der Waals surface area contributed by atoms with Crippen molar-refractivity contribution in [1.82, 2.24) is 19.3 Å². The van der Waals surface area contributed by atoms with Crippen molar-refractivity contribution < 1.29 is 8.42 Å². The smallest absolute Gasteiger partial charge is 0.279 e. The van der Waals surface area contributed by atoms with Gasteiger partial charge in [0.1, 0.15) is 0 Å². The topological polar surface area (TPSA) is 74.3 Å². The van der Waals surface area contributed by atoms with E-state index >= 15 is 0 Å². The van der Waals surface area contributed by atoms with E-state index in [-0.39, 0.29) is 0 Å². The Morgan fingerprint density at radius 3 is 2.71 bits per heavy atom. The van der Waals surface area contributed by atoms with Crippen LogP contribution >= 0.6 is 11.3 Å². The van der Waals surface area contributed by atoms with E-state index in [0.29, 0.717) is 19.5 Å². The van der Waals surface area contributed by atoms with Crippen LogP contribution in [0.4, 0.5) is 0 Å². The van der Waals surface area contributed by atoms with Crippen LogP contribution in [0, 0.1) is 6.92 Å². The highest BCUT2D eigenvalue weighted by Gasteiger charge is 2.16. The number of aromatic nitrogens is 1. The van der Waals surface area contributed by atoms with Gasteiger partial charge < -0.3 is 5.32 Å². The monoisotopic (exact) mass is 334 g/mol. The molecule has 0 atom stereocenters. The van der Waals surface area contributed by atoms with E-state index in [1.807, 2.05) is 12.3 Å². The minimum Gasteiger partial charge on any atom is -0.317 e. The van der Waals surface area contributed by atoms with Gasteiger partial charge in [0.25, 0.3) is 10.2 Å². The zero-order valence-electron chi connectivity index (χ0n) is 13.1. The Morgan fingerprint density at radius 1 is 1.33 bits per heavy atom. The molecular formula is C13H26N4O2S2. The molecule has 0 aromatic carbocycles. The first-order valence-electron chi connectivity index (χ1n) is 7.28. The lowest BCUT2D eigenvalue weighted by Crippen LogP contribution is -2.40. The van der Waals surface area contributed by atoms with Crippen LogP contribution in [0.5, 0.6) is 0 Å².